The molecule has 0 aliphatic carbocycles. The van der Waals surface area contributed by atoms with Crippen molar-refractivity contribution < 1.29 is 22.6 Å². The van der Waals surface area contributed by atoms with E-state index < -0.39 is 16.2 Å². The molecule has 1 aromatic carbocycles. The Morgan fingerprint density at radius 3 is 2.29 bits per heavy atom. The standard InChI is InChI=1S/C10H13NO5S/c1-3-11(10(12)13)16-17(14,15)9-6-4-8(2)5-7-9/h4-7H,3H2,1-2H3,(H,12,13). The number of aryl methyl sites for hydroxylation is 1. The highest BCUT2D eigenvalue weighted by molar-refractivity contribution is 7.86. The van der Waals surface area contributed by atoms with Crippen molar-refractivity contribution in [3.63, 3.8) is 0 Å². The fraction of sp³-hybridized carbons (Fsp3) is 0.300. The average molecular weight is 259 g/mol. The Bertz CT molecular complexity index is 494. The van der Waals surface area contributed by atoms with E-state index in [1.807, 2.05) is 6.92 Å². The largest absolute Gasteiger partial charge is 0.463 e. The lowest BCUT2D eigenvalue weighted by molar-refractivity contribution is -0.0254. The van der Waals surface area contributed by atoms with Crippen molar-refractivity contribution in [3.8, 4) is 0 Å². The summed E-state index contributed by atoms with van der Waals surface area (Å²) in [5, 5.41) is 9.02. The Hall–Kier alpha value is -1.60. The third-order valence-corrected chi connectivity index (χ3v) is 3.22. The molecule has 0 heterocycles. The fourth-order valence-electron chi connectivity index (χ4n) is 1.09. The van der Waals surface area contributed by atoms with Gasteiger partial charge in [0.25, 0.3) is 0 Å². The second-order valence-electron chi connectivity index (χ2n) is 3.32. The predicted molar refractivity (Wildman–Crippen MR) is 59.9 cm³/mol. The van der Waals surface area contributed by atoms with E-state index in [-0.39, 0.29) is 11.4 Å². The molecule has 0 unspecified atom stereocenters. The summed E-state index contributed by atoms with van der Waals surface area (Å²) in [7, 11) is -4.09. The second-order valence-corrected chi connectivity index (χ2v) is 4.85. The molecule has 1 N–H and O–H groups in total. The molecule has 0 aromatic heterocycles. The fourth-order valence-corrected chi connectivity index (χ4v) is 2.05. The number of nitrogens with zero attached hydrogens (tertiary/aromatic N) is 1. The first-order valence-electron chi connectivity index (χ1n) is 4.88. The lowest BCUT2D eigenvalue weighted by Gasteiger charge is -2.15. The molecule has 0 radical (unpaired) electrons. The zero-order valence-electron chi connectivity index (χ0n) is 9.45. The molecular weight excluding hydrogens is 246 g/mol. The number of hydrogen-bond donors (Lipinski definition) is 1. The molecule has 0 saturated carbocycles. The molecule has 7 heteroatoms. The Morgan fingerprint density at radius 2 is 1.88 bits per heavy atom. The lowest BCUT2D eigenvalue weighted by Crippen LogP contribution is -2.32. The summed E-state index contributed by atoms with van der Waals surface area (Å²) >= 11 is 0. The normalized spacial score (nSPS) is 11.2. The van der Waals surface area contributed by atoms with Gasteiger partial charge in [-0.1, -0.05) is 17.7 Å². The van der Waals surface area contributed by atoms with Crippen molar-refractivity contribution >= 4 is 16.2 Å². The van der Waals surface area contributed by atoms with Gasteiger partial charge in [0.1, 0.15) is 0 Å². The van der Waals surface area contributed by atoms with Crippen LogP contribution in [0.3, 0.4) is 0 Å². The molecule has 94 valence electrons. The molecule has 6 nitrogen and oxygen atoms in total. The van der Waals surface area contributed by atoms with Crippen LogP contribution in [0.25, 0.3) is 0 Å². The maximum absolute atomic E-state index is 11.7. The molecule has 0 bridgehead atoms. The molecule has 0 aliphatic heterocycles. The van der Waals surface area contributed by atoms with Gasteiger partial charge in [-0.25, -0.2) is 4.79 Å². The van der Waals surface area contributed by atoms with Crippen LogP contribution in [0.1, 0.15) is 12.5 Å². The first-order valence-corrected chi connectivity index (χ1v) is 6.29. The maximum atomic E-state index is 11.7. The van der Waals surface area contributed by atoms with Crippen molar-refractivity contribution in [2.45, 2.75) is 18.7 Å². The molecule has 0 atom stereocenters. The highest BCUT2D eigenvalue weighted by Gasteiger charge is 2.22. The van der Waals surface area contributed by atoms with E-state index in [1.165, 1.54) is 19.1 Å². The minimum atomic E-state index is -4.09. The van der Waals surface area contributed by atoms with Crippen LogP contribution in [0.5, 0.6) is 0 Å². The second kappa shape index (κ2) is 5.15. The molecule has 0 spiro atoms. The van der Waals surface area contributed by atoms with Gasteiger partial charge < -0.3 is 5.11 Å². The number of carboxylic acid groups (broad SMARTS) is 1. The van der Waals surface area contributed by atoms with Crippen LogP contribution >= 0.6 is 0 Å². The molecule has 0 fully saturated rings. The van der Waals surface area contributed by atoms with Crippen LogP contribution in [0, 0.1) is 6.92 Å². The topological polar surface area (TPSA) is 83.9 Å². The highest BCUT2D eigenvalue weighted by atomic mass is 32.2. The lowest BCUT2D eigenvalue weighted by atomic mass is 10.2. The Labute approximate surface area is 99.5 Å². The van der Waals surface area contributed by atoms with Gasteiger partial charge in [0, 0.05) is 0 Å². The van der Waals surface area contributed by atoms with E-state index >= 15 is 0 Å². The van der Waals surface area contributed by atoms with Crippen molar-refractivity contribution in [1.82, 2.24) is 5.06 Å². The molecule has 17 heavy (non-hydrogen) atoms. The SMILES string of the molecule is CCN(OS(=O)(=O)c1ccc(C)cc1)C(=O)O. The molecule has 1 amide bonds. The Balaban J connectivity index is 2.96. The van der Waals surface area contributed by atoms with Gasteiger partial charge in [-0.2, -0.15) is 13.5 Å². The summed E-state index contributed by atoms with van der Waals surface area (Å²) in [5.74, 6) is 0. The molecule has 1 aromatic rings. The summed E-state index contributed by atoms with van der Waals surface area (Å²) in [6.45, 7) is 3.20. The third kappa shape index (κ3) is 3.43. The Kier molecular flexibility index (Phi) is 4.08. The van der Waals surface area contributed by atoms with Gasteiger partial charge in [-0.15, -0.1) is 4.28 Å². The number of amides is 1. The summed E-state index contributed by atoms with van der Waals surface area (Å²) in [5.41, 5.74) is 0.898. The number of rotatable bonds is 4. The van der Waals surface area contributed by atoms with Crippen LogP contribution in [0.4, 0.5) is 4.79 Å². The number of hydrogen-bond acceptors (Lipinski definition) is 4. The summed E-state index contributed by atoms with van der Waals surface area (Å²) in [6, 6.07) is 5.93. The highest BCUT2D eigenvalue weighted by Crippen LogP contribution is 2.14. The van der Waals surface area contributed by atoms with Gasteiger partial charge in [0.2, 0.25) is 0 Å². The van der Waals surface area contributed by atoms with Crippen molar-refractivity contribution in [2.24, 2.45) is 0 Å². The van der Waals surface area contributed by atoms with E-state index in [4.69, 9.17) is 5.11 Å². The minimum absolute atomic E-state index is 0.0807. The van der Waals surface area contributed by atoms with Crippen LogP contribution in [-0.2, 0) is 14.4 Å². The first kappa shape index (κ1) is 13.5. The summed E-state index contributed by atoms with van der Waals surface area (Å²) in [4.78, 5) is 10.5. The monoisotopic (exact) mass is 259 g/mol. The Morgan fingerprint density at radius 1 is 1.35 bits per heavy atom. The summed E-state index contributed by atoms with van der Waals surface area (Å²) in [6.07, 6.45) is -1.46. The van der Waals surface area contributed by atoms with E-state index in [1.54, 1.807) is 12.1 Å². The summed E-state index contributed by atoms with van der Waals surface area (Å²) < 4.78 is 27.9. The molecule has 0 aliphatic rings. The molecule has 1 rings (SSSR count). The van der Waals surface area contributed by atoms with E-state index in [0.29, 0.717) is 5.06 Å². The average Bonchev–Trinajstić information content (AvgIpc) is 2.26. The zero-order valence-corrected chi connectivity index (χ0v) is 10.3. The quantitative estimate of drug-likeness (QED) is 0.830. The first-order chi connectivity index (χ1) is 7.86. The van der Waals surface area contributed by atoms with Crippen LogP contribution in [-0.4, -0.2) is 31.2 Å². The smallest absolute Gasteiger partial charge is 0.432 e. The third-order valence-electron chi connectivity index (χ3n) is 2.00. The van der Waals surface area contributed by atoms with Crippen molar-refractivity contribution in [2.75, 3.05) is 6.54 Å². The van der Waals surface area contributed by atoms with E-state index in [0.717, 1.165) is 5.56 Å². The van der Waals surface area contributed by atoms with Gasteiger partial charge in [-0.3, -0.25) is 0 Å². The van der Waals surface area contributed by atoms with Crippen LogP contribution in [0.15, 0.2) is 29.2 Å². The number of benzene rings is 1. The van der Waals surface area contributed by atoms with Gasteiger partial charge >= 0.3 is 16.2 Å². The van der Waals surface area contributed by atoms with Gasteiger partial charge in [0.15, 0.2) is 0 Å². The van der Waals surface area contributed by atoms with E-state index in [9.17, 15) is 13.2 Å². The van der Waals surface area contributed by atoms with Crippen molar-refractivity contribution in [1.29, 1.82) is 0 Å². The van der Waals surface area contributed by atoms with E-state index in [2.05, 4.69) is 4.28 Å². The van der Waals surface area contributed by atoms with Gasteiger partial charge in [0.05, 0.1) is 11.4 Å². The number of carbonyl (C=O) groups is 1. The minimum Gasteiger partial charge on any atom is -0.463 e. The van der Waals surface area contributed by atoms with Crippen molar-refractivity contribution in [3.05, 3.63) is 29.8 Å². The molecule has 0 saturated heterocycles. The van der Waals surface area contributed by atoms with Crippen LogP contribution < -0.4 is 0 Å². The molecular formula is C10H13NO5S. The van der Waals surface area contributed by atoms with Gasteiger partial charge in [-0.05, 0) is 26.0 Å². The number of hydroxylamine groups is 2. The zero-order chi connectivity index (χ0) is 13.1. The maximum Gasteiger partial charge on any atom is 0.432 e. The predicted octanol–water partition coefficient (Wildman–Crippen LogP) is 1.62. The van der Waals surface area contributed by atoms with Crippen LogP contribution in [0.2, 0.25) is 0 Å².